The summed E-state index contributed by atoms with van der Waals surface area (Å²) < 4.78 is 31.8. The third-order valence-corrected chi connectivity index (χ3v) is 7.59. The van der Waals surface area contributed by atoms with Crippen molar-refractivity contribution in [1.29, 1.82) is 0 Å². The number of amides is 2. The third-order valence-electron chi connectivity index (χ3n) is 7.19. The lowest BCUT2D eigenvalue weighted by molar-refractivity contribution is -0.892. The van der Waals surface area contributed by atoms with Gasteiger partial charge in [0.1, 0.15) is 0 Å². The second-order valence-electron chi connectivity index (χ2n) is 11.9. The van der Waals surface area contributed by atoms with Crippen molar-refractivity contribution in [3.8, 4) is 0 Å². The molecule has 246 valence electrons. The minimum atomic E-state index is -4.41. The molecule has 2 amide bonds. The molecule has 0 saturated carbocycles. The Morgan fingerprint density at radius 3 is 1.34 bits per heavy atom. The van der Waals surface area contributed by atoms with Crippen LogP contribution in [-0.4, -0.2) is 70.2 Å². The summed E-state index contributed by atoms with van der Waals surface area (Å²) in [5, 5.41) is 6.17. The van der Waals surface area contributed by atoms with Gasteiger partial charge >= 0.3 is 0 Å². The van der Waals surface area contributed by atoms with Crippen LogP contribution in [0.3, 0.4) is 0 Å². The lowest BCUT2D eigenvalue weighted by atomic mass is 10.1. The highest BCUT2D eigenvalue weighted by Crippen LogP contribution is 2.11. The number of nitrogens with zero attached hydrogens (tertiary/aromatic N) is 1. The number of unbranched alkanes of at least 4 members (excludes halogenated alkanes) is 16. The average molecular weight is 608 g/mol. The average Bonchev–Trinajstić information content (AvgIpc) is 2.92. The molecule has 0 aliphatic rings. The zero-order valence-corrected chi connectivity index (χ0v) is 28.1. The van der Waals surface area contributed by atoms with Crippen LogP contribution >= 0.6 is 0 Å². The molecule has 0 heterocycles. The Kier molecular flexibility index (Phi) is 29.5. The van der Waals surface area contributed by atoms with Gasteiger partial charge in [0.25, 0.3) is 0 Å². The third kappa shape index (κ3) is 36.7. The van der Waals surface area contributed by atoms with Crippen LogP contribution in [0.5, 0.6) is 0 Å². The summed E-state index contributed by atoms with van der Waals surface area (Å²) in [6, 6.07) is 0. The first-order chi connectivity index (χ1) is 19.5. The van der Waals surface area contributed by atoms with Gasteiger partial charge in [0.05, 0.1) is 27.7 Å². The molecule has 0 aromatic carbocycles. The van der Waals surface area contributed by atoms with Gasteiger partial charge < -0.3 is 19.7 Å². The lowest BCUT2D eigenvalue weighted by Gasteiger charge is -2.29. The number of carbonyl (C=O) groups excluding carboxylic acids is 2. The standard InChI is InChI=1S/C30H61N3O2.CH4O4S/c1-5-7-9-11-13-15-17-19-21-24-29(34)31-26-23-27-33(3,4)28-32-30(35)25-22-20-18-16-14-12-10-8-6-2;1-5-6(2,3)4/h5-28H2,1-4H3,(H-,31,32,34,35);1H3,(H,2,3,4). The molecular weight excluding hydrogens is 542 g/mol. The largest absolute Gasteiger partial charge is 0.726 e. The fourth-order valence-electron chi connectivity index (χ4n) is 4.49. The van der Waals surface area contributed by atoms with Gasteiger partial charge in [-0.05, 0) is 12.8 Å². The van der Waals surface area contributed by atoms with E-state index in [2.05, 4.69) is 42.8 Å². The van der Waals surface area contributed by atoms with Gasteiger partial charge in [-0.15, -0.1) is 0 Å². The van der Waals surface area contributed by atoms with Crippen LogP contribution in [-0.2, 0) is 24.2 Å². The van der Waals surface area contributed by atoms with E-state index in [-0.39, 0.29) is 11.8 Å². The maximum absolute atomic E-state index is 12.2. The summed E-state index contributed by atoms with van der Waals surface area (Å²) in [5.74, 6) is 0.362. The minimum Gasteiger partial charge on any atom is -0.726 e. The van der Waals surface area contributed by atoms with Crippen molar-refractivity contribution in [2.45, 2.75) is 149 Å². The van der Waals surface area contributed by atoms with E-state index in [0.29, 0.717) is 19.5 Å². The van der Waals surface area contributed by atoms with Gasteiger partial charge in [-0.25, -0.2) is 8.42 Å². The van der Waals surface area contributed by atoms with Crippen molar-refractivity contribution in [1.82, 2.24) is 10.6 Å². The molecule has 0 fully saturated rings. The summed E-state index contributed by atoms with van der Waals surface area (Å²) in [6.07, 6.45) is 25.2. The molecule has 0 spiro atoms. The molecule has 0 bridgehead atoms. The number of hydrogen-bond donors (Lipinski definition) is 2. The van der Waals surface area contributed by atoms with Crippen LogP contribution in [0.15, 0.2) is 0 Å². The molecule has 0 aliphatic carbocycles. The van der Waals surface area contributed by atoms with E-state index < -0.39 is 10.4 Å². The Hall–Kier alpha value is -1.23. The van der Waals surface area contributed by atoms with E-state index in [1.807, 2.05) is 0 Å². The van der Waals surface area contributed by atoms with Gasteiger partial charge in [0.15, 0.2) is 6.67 Å². The van der Waals surface area contributed by atoms with Crippen molar-refractivity contribution in [3.63, 3.8) is 0 Å². The molecule has 0 unspecified atom stereocenters. The van der Waals surface area contributed by atoms with E-state index in [9.17, 15) is 22.6 Å². The van der Waals surface area contributed by atoms with Crippen molar-refractivity contribution < 1.29 is 31.2 Å². The zero-order chi connectivity index (χ0) is 31.2. The highest BCUT2D eigenvalue weighted by Gasteiger charge is 2.16. The van der Waals surface area contributed by atoms with E-state index >= 15 is 0 Å². The maximum Gasteiger partial charge on any atom is 0.224 e. The van der Waals surface area contributed by atoms with Crippen molar-refractivity contribution in [2.24, 2.45) is 0 Å². The van der Waals surface area contributed by atoms with E-state index in [0.717, 1.165) is 50.4 Å². The SMILES string of the molecule is CCCCCCCCCCCC(=O)NCCC[N+](C)(C)CNC(=O)CCCCCCCCCCC.COS(=O)(=O)[O-]. The monoisotopic (exact) mass is 607 g/mol. The van der Waals surface area contributed by atoms with Crippen molar-refractivity contribution >= 4 is 22.2 Å². The molecular formula is C31H65N3O6S. The molecule has 0 aromatic rings. The second-order valence-corrected chi connectivity index (χ2v) is 13.0. The lowest BCUT2D eigenvalue weighted by Crippen LogP contribution is -2.49. The van der Waals surface area contributed by atoms with Crippen LogP contribution in [0.4, 0.5) is 0 Å². The molecule has 0 rings (SSSR count). The number of hydrogen-bond acceptors (Lipinski definition) is 6. The van der Waals surface area contributed by atoms with Gasteiger partial charge in [-0.3, -0.25) is 13.8 Å². The summed E-state index contributed by atoms with van der Waals surface area (Å²) >= 11 is 0. The fourth-order valence-corrected chi connectivity index (χ4v) is 4.49. The minimum absolute atomic E-state index is 0.174. The molecule has 0 aliphatic heterocycles. The second kappa shape index (κ2) is 28.9. The highest BCUT2D eigenvalue weighted by atomic mass is 32.3. The van der Waals surface area contributed by atoms with Gasteiger partial charge in [-0.2, -0.15) is 0 Å². The molecule has 0 atom stereocenters. The summed E-state index contributed by atoms with van der Waals surface area (Å²) in [7, 11) is 0.679. The van der Waals surface area contributed by atoms with E-state index in [1.165, 1.54) is 96.3 Å². The first-order valence-corrected chi connectivity index (χ1v) is 17.7. The Balaban J connectivity index is 0. The van der Waals surface area contributed by atoms with Crippen LogP contribution in [0.1, 0.15) is 149 Å². The van der Waals surface area contributed by atoms with Gasteiger partial charge in [-0.1, -0.05) is 117 Å². The molecule has 2 N–H and O–H groups in total. The highest BCUT2D eigenvalue weighted by molar-refractivity contribution is 7.80. The van der Waals surface area contributed by atoms with Gasteiger partial charge in [0.2, 0.25) is 22.2 Å². The Morgan fingerprint density at radius 2 is 0.976 bits per heavy atom. The number of quaternary nitrogens is 1. The summed E-state index contributed by atoms with van der Waals surface area (Å²) in [6.45, 7) is 6.83. The number of carbonyl (C=O) groups is 2. The zero-order valence-electron chi connectivity index (χ0n) is 27.3. The predicted molar refractivity (Wildman–Crippen MR) is 168 cm³/mol. The molecule has 0 aromatic heterocycles. The Bertz CT molecular complexity index is 717. The Morgan fingerprint density at radius 1 is 0.634 bits per heavy atom. The summed E-state index contributed by atoms with van der Waals surface area (Å²) in [5.41, 5.74) is 0. The topological polar surface area (TPSA) is 125 Å². The molecule has 10 heteroatoms. The normalized spacial score (nSPS) is 11.6. The fraction of sp³-hybridized carbons (Fsp3) is 0.935. The summed E-state index contributed by atoms with van der Waals surface area (Å²) in [4.78, 5) is 24.2. The molecule has 41 heavy (non-hydrogen) atoms. The molecule has 9 nitrogen and oxygen atoms in total. The number of nitrogens with one attached hydrogen (secondary N) is 2. The first-order valence-electron chi connectivity index (χ1n) is 16.3. The van der Waals surface area contributed by atoms with E-state index in [1.54, 1.807) is 0 Å². The molecule has 0 radical (unpaired) electrons. The van der Waals surface area contributed by atoms with Crippen LogP contribution in [0.2, 0.25) is 0 Å². The smallest absolute Gasteiger partial charge is 0.224 e. The van der Waals surface area contributed by atoms with Crippen molar-refractivity contribution in [3.05, 3.63) is 0 Å². The van der Waals surface area contributed by atoms with Crippen LogP contribution in [0, 0.1) is 0 Å². The number of rotatable bonds is 27. The molecule has 0 saturated heterocycles. The van der Waals surface area contributed by atoms with Crippen LogP contribution < -0.4 is 10.6 Å². The predicted octanol–water partition coefficient (Wildman–Crippen LogP) is 6.58. The van der Waals surface area contributed by atoms with Gasteiger partial charge in [0, 0.05) is 25.8 Å². The Labute approximate surface area is 253 Å². The van der Waals surface area contributed by atoms with E-state index in [4.69, 9.17) is 0 Å². The van der Waals surface area contributed by atoms with Crippen molar-refractivity contribution in [2.75, 3.05) is 41.0 Å². The first kappa shape index (κ1) is 41.9. The van der Waals surface area contributed by atoms with Crippen LogP contribution in [0.25, 0.3) is 0 Å². The maximum atomic E-state index is 12.2. The quantitative estimate of drug-likeness (QED) is 0.0357.